The molecule has 0 bridgehead atoms. The molecular weight excluding hydrogens is 222 g/mol. The Morgan fingerprint density at radius 1 is 1.25 bits per heavy atom. The minimum atomic E-state index is -1.65. The van der Waals surface area contributed by atoms with E-state index in [2.05, 4.69) is 18.8 Å². The maximum Gasteiger partial charge on any atom is 0.323 e. The van der Waals surface area contributed by atoms with Crippen LogP contribution in [0.1, 0.15) is 34.1 Å². The molecule has 1 unspecified atom stereocenters. The Hall–Kier alpha value is -0.483. The smallest absolute Gasteiger partial charge is 0.323 e. The van der Waals surface area contributed by atoms with Gasteiger partial charge in [-0.3, -0.25) is 0 Å². The zero-order valence-corrected chi connectivity index (χ0v) is 11.9. The number of rotatable bonds is 9. The number of aliphatic imine (C=N–C) groups is 1. The minimum absolute atomic E-state index is 0.00673. The molecule has 0 aliphatic heterocycles. The topological polar surface area (TPSA) is 47.9 Å². The Bertz CT molecular complexity index is 211. The van der Waals surface area contributed by atoms with E-state index in [-0.39, 0.29) is 6.04 Å². The van der Waals surface area contributed by atoms with Gasteiger partial charge in [0.05, 0.1) is 6.04 Å². The first-order chi connectivity index (χ1) is 7.63. The van der Waals surface area contributed by atoms with Crippen LogP contribution in [-0.4, -0.2) is 34.6 Å². The maximum atomic E-state index is 10.3. The first kappa shape index (κ1) is 15.5. The number of isocyanates is 1. The fourth-order valence-electron chi connectivity index (χ4n) is 1.60. The number of nitrogens with zero attached hydrogens (tertiary/aromatic N) is 1. The zero-order valence-electron chi connectivity index (χ0n) is 10.7. The van der Waals surface area contributed by atoms with Crippen LogP contribution in [0.25, 0.3) is 0 Å². The second-order valence-corrected chi connectivity index (χ2v) is 6.08. The van der Waals surface area contributed by atoms with Crippen molar-refractivity contribution in [2.75, 3.05) is 13.2 Å². The summed E-state index contributed by atoms with van der Waals surface area (Å²) in [5.74, 6) is 0.514. The van der Waals surface area contributed by atoms with E-state index in [9.17, 15) is 4.79 Å². The standard InChI is InChI=1S/C11H23NO3Si/c1-5-14-16(15-6-2)8-11(12-9-13)7-10(3)4/h10-11,16H,5-8H2,1-4H3. The highest BCUT2D eigenvalue weighted by Crippen LogP contribution is 2.14. The van der Waals surface area contributed by atoms with Crippen LogP contribution in [0.15, 0.2) is 4.99 Å². The van der Waals surface area contributed by atoms with E-state index in [0.717, 1.165) is 12.5 Å². The van der Waals surface area contributed by atoms with Crippen molar-refractivity contribution in [1.82, 2.24) is 0 Å². The molecule has 0 amide bonds. The van der Waals surface area contributed by atoms with Crippen molar-refractivity contribution in [1.29, 1.82) is 0 Å². The second kappa shape index (κ2) is 9.72. The van der Waals surface area contributed by atoms with Gasteiger partial charge < -0.3 is 8.85 Å². The largest absolute Gasteiger partial charge is 0.397 e. The molecule has 0 aromatic carbocycles. The van der Waals surface area contributed by atoms with Crippen molar-refractivity contribution in [2.45, 2.75) is 46.2 Å². The number of carbonyl (C=O) groups excluding carboxylic acids is 1. The highest BCUT2D eigenvalue weighted by Gasteiger charge is 2.20. The van der Waals surface area contributed by atoms with Crippen molar-refractivity contribution in [3.63, 3.8) is 0 Å². The third-order valence-electron chi connectivity index (χ3n) is 2.15. The van der Waals surface area contributed by atoms with Gasteiger partial charge in [-0.25, -0.2) is 9.79 Å². The van der Waals surface area contributed by atoms with Crippen LogP contribution in [-0.2, 0) is 13.6 Å². The summed E-state index contributed by atoms with van der Waals surface area (Å²) in [6.07, 6.45) is 2.54. The molecule has 0 rings (SSSR count). The molecule has 94 valence electrons. The minimum Gasteiger partial charge on any atom is -0.397 e. The summed E-state index contributed by atoms with van der Waals surface area (Å²) in [7, 11) is -1.65. The predicted octanol–water partition coefficient (Wildman–Crippen LogP) is 2.03. The van der Waals surface area contributed by atoms with Gasteiger partial charge in [-0.05, 0) is 26.2 Å². The third-order valence-corrected chi connectivity index (χ3v) is 4.49. The summed E-state index contributed by atoms with van der Waals surface area (Å²) in [6, 6.07) is 0.766. The molecule has 0 saturated carbocycles. The lowest BCUT2D eigenvalue weighted by atomic mass is 10.1. The molecule has 0 heterocycles. The third kappa shape index (κ3) is 7.76. The number of hydrogen-bond donors (Lipinski definition) is 0. The van der Waals surface area contributed by atoms with Gasteiger partial charge in [0.2, 0.25) is 6.08 Å². The molecule has 5 heteroatoms. The van der Waals surface area contributed by atoms with E-state index in [4.69, 9.17) is 8.85 Å². The summed E-state index contributed by atoms with van der Waals surface area (Å²) < 4.78 is 11.1. The Balaban J connectivity index is 4.25. The first-order valence-corrected chi connectivity index (χ1v) is 7.70. The summed E-state index contributed by atoms with van der Waals surface area (Å²) in [4.78, 5) is 14.2. The molecule has 0 saturated heterocycles. The molecule has 0 fully saturated rings. The summed E-state index contributed by atoms with van der Waals surface area (Å²) in [5.41, 5.74) is 0. The van der Waals surface area contributed by atoms with Gasteiger partial charge in [0, 0.05) is 19.3 Å². The van der Waals surface area contributed by atoms with E-state index in [0.29, 0.717) is 19.1 Å². The Morgan fingerprint density at radius 3 is 2.19 bits per heavy atom. The van der Waals surface area contributed by atoms with Crippen molar-refractivity contribution in [2.24, 2.45) is 10.9 Å². The normalized spacial score (nSPS) is 12.9. The van der Waals surface area contributed by atoms with E-state index in [1.54, 1.807) is 6.08 Å². The Labute approximate surface area is 99.9 Å². The Kier molecular flexibility index (Phi) is 9.43. The molecule has 0 aliphatic rings. The van der Waals surface area contributed by atoms with E-state index in [1.165, 1.54) is 0 Å². The summed E-state index contributed by atoms with van der Waals surface area (Å²) in [5, 5.41) is 0. The van der Waals surface area contributed by atoms with Crippen LogP contribution in [0.3, 0.4) is 0 Å². The molecule has 0 aliphatic carbocycles. The quantitative estimate of drug-likeness (QED) is 0.355. The van der Waals surface area contributed by atoms with Gasteiger partial charge >= 0.3 is 9.28 Å². The lowest BCUT2D eigenvalue weighted by Gasteiger charge is -2.19. The molecule has 16 heavy (non-hydrogen) atoms. The van der Waals surface area contributed by atoms with Gasteiger partial charge in [0.15, 0.2) is 0 Å². The summed E-state index contributed by atoms with van der Waals surface area (Å²) in [6.45, 7) is 9.47. The number of hydrogen-bond acceptors (Lipinski definition) is 4. The van der Waals surface area contributed by atoms with Crippen LogP contribution >= 0.6 is 0 Å². The molecule has 0 aromatic rings. The van der Waals surface area contributed by atoms with Crippen LogP contribution in [0.5, 0.6) is 0 Å². The van der Waals surface area contributed by atoms with Gasteiger partial charge in [-0.1, -0.05) is 13.8 Å². The molecule has 0 spiro atoms. The van der Waals surface area contributed by atoms with Crippen molar-refractivity contribution in [3.05, 3.63) is 0 Å². The van der Waals surface area contributed by atoms with Gasteiger partial charge in [-0.15, -0.1) is 0 Å². The van der Waals surface area contributed by atoms with Crippen LogP contribution < -0.4 is 0 Å². The molecule has 1 atom stereocenters. The molecule has 0 aromatic heterocycles. The monoisotopic (exact) mass is 245 g/mol. The second-order valence-electron chi connectivity index (χ2n) is 4.08. The van der Waals surface area contributed by atoms with Crippen molar-refractivity contribution in [3.8, 4) is 0 Å². The summed E-state index contributed by atoms with van der Waals surface area (Å²) >= 11 is 0. The fraction of sp³-hybridized carbons (Fsp3) is 0.909. The highest BCUT2D eigenvalue weighted by molar-refractivity contribution is 6.44. The van der Waals surface area contributed by atoms with Crippen molar-refractivity contribution < 1.29 is 13.6 Å². The highest BCUT2D eigenvalue weighted by atomic mass is 28.3. The van der Waals surface area contributed by atoms with Crippen molar-refractivity contribution >= 4 is 15.4 Å². The maximum absolute atomic E-state index is 10.3. The lowest BCUT2D eigenvalue weighted by Crippen LogP contribution is -2.28. The lowest BCUT2D eigenvalue weighted by molar-refractivity contribution is 0.210. The Morgan fingerprint density at radius 2 is 1.81 bits per heavy atom. The SMILES string of the molecule is CCO[SiH](CC(CC(C)C)N=C=O)OCC. The van der Waals surface area contributed by atoms with Gasteiger partial charge in [0.25, 0.3) is 0 Å². The van der Waals surface area contributed by atoms with Gasteiger partial charge in [-0.2, -0.15) is 0 Å². The fourth-order valence-corrected chi connectivity index (χ4v) is 3.45. The molecule has 4 nitrogen and oxygen atoms in total. The molecule has 0 N–H and O–H groups in total. The first-order valence-electron chi connectivity index (χ1n) is 5.94. The van der Waals surface area contributed by atoms with Crippen LogP contribution in [0, 0.1) is 5.92 Å². The van der Waals surface area contributed by atoms with Gasteiger partial charge in [0.1, 0.15) is 0 Å². The molecule has 0 radical (unpaired) electrons. The van der Waals surface area contributed by atoms with E-state index >= 15 is 0 Å². The van der Waals surface area contributed by atoms with Crippen LogP contribution in [0.4, 0.5) is 0 Å². The average Bonchev–Trinajstić information content (AvgIpc) is 2.17. The average molecular weight is 245 g/mol. The van der Waals surface area contributed by atoms with Crippen LogP contribution in [0.2, 0.25) is 6.04 Å². The van der Waals surface area contributed by atoms with E-state index < -0.39 is 9.28 Å². The predicted molar refractivity (Wildman–Crippen MR) is 66.6 cm³/mol. The zero-order chi connectivity index (χ0) is 12.4. The molecular formula is C11H23NO3Si. The van der Waals surface area contributed by atoms with E-state index in [1.807, 2.05) is 13.8 Å².